The molecule has 9 heteroatoms. The first-order valence-corrected chi connectivity index (χ1v) is 11.1. The van der Waals surface area contributed by atoms with Crippen LogP contribution in [0.2, 0.25) is 0 Å². The lowest BCUT2D eigenvalue weighted by molar-refractivity contribution is -0.138. The topological polar surface area (TPSA) is 69.3 Å². The average Bonchev–Trinajstić information content (AvgIpc) is 2.84. The number of alkyl halides is 3. The van der Waals surface area contributed by atoms with Gasteiger partial charge in [-0.1, -0.05) is 24.3 Å². The van der Waals surface area contributed by atoms with Crippen LogP contribution in [-0.2, 0) is 17.5 Å². The van der Waals surface area contributed by atoms with E-state index in [0.29, 0.717) is 13.1 Å². The lowest BCUT2D eigenvalue weighted by atomic mass is 10.0. The maximum Gasteiger partial charge on any atom is 0.416 e. The molecule has 1 amide bonds. The van der Waals surface area contributed by atoms with E-state index in [1.54, 1.807) is 12.4 Å². The molecule has 0 bridgehead atoms. The molecule has 4 rings (SSSR count). The van der Waals surface area contributed by atoms with Crippen molar-refractivity contribution >= 4 is 17.3 Å². The van der Waals surface area contributed by atoms with Gasteiger partial charge in [0, 0.05) is 56.5 Å². The van der Waals surface area contributed by atoms with E-state index in [1.807, 2.05) is 41.3 Å². The lowest BCUT2D eigenvalue weighted by Gasteiger charge is -2.28. The minimum absolute atomic E-state index is 0.0733. The molecule has 1 fully saturated rings. The molecule has 0 radical (unpaired) electrons. The van der Waals surface area contributed by atoms with Gasteiger partial charge in [0.1, 0.15) is 0 Å². The fraction of sp³-hybridized carbons (Fsp3) is 0.280. The molecule has 2 heterocycles. The van der Waals surface area contributed by atoms with Crippen molar-refractivity contribution in [3.8, 4) is 11.1 Å². The van der Waals surface area contributed by atoms with E-state index in [-0.39, 0.29) is 24.3 Å². The Labute approximate surface area is 196 Å². The highest BCUT2D eigenvalue weighted by Gasteiger charge is 2.34. The minimum Gasteiger partial charge on any atom is -0.376 e. The van der Waals surface area contributed by atoms with Crippen LogP contribution in [0.5, 0.6) is 0 Å². The smallest absolute Gasteiger partial charge is 0.376 e. The maximum atomic E-state index is 13.7. The third-order valence-electron chi connectivity index (χ3n) is 5.64. The standard InChI is InChI=1S/C25H26F3N5O/c26-25(27,28)23-14-22(8-5-20(23)17-33-12-10-29-11-13-33)32-24(34)16-31-21-6-3-18(4-7-21)19-2-1-9-30-15-19/h1-9,14-15,29,31H,10-13,16-17H2,(H,32,34). The Bertz CT molecular complexity index is 1100. The lowest BCUT2D eigenvalue weighted by Crippen LogP contribution is -2.43. The van der Waals surface area contributed by atoms with Crippen LogP contribution in [0.3, 0.4) is 0 Å². The molecule has 1 aliphatic heterocycles. The summed E-state index contributed by atoms with van der Waals surface area (Å²) in [6, 6.07) is 15.3. The quantitative estimate of drug-likeness (QED) is 0.483. The summed E-state index contributed by atoms with van der Waals surface area (Å²) in [5.74, 6) is -0.431. The summed E-state index contributed by atoms with van der Waals surface area (Å²) < 4.78 is 41.1. The van der Waals surface area contributed by atoms with Gasteiger partial charge in [0.15, 0.2) is 0 Å². The van der Waals surface area contributed by atoms with Crippen LogP contribution in [0.4, 0.5) is 24.5 Å². The summed E-state index contributed by atoms with van der Waals surface area (Å²) in [7, 11) is 0. The Morgan fingerprint density at radius 2 is 1.74 bits per heavy atom. The van der Waals surface area contributed by atoms with Crippen LogP contribution in [0.15, 0.2) is 67.0 Å². The molecule has 0 aliphatic carbocycles. The Balaban J connectivity index is 1.36. The predicted octanol–water partition coefficient (Wildman–Crippen LogP) is 4.22. The number of carbonyl (C=O) groups excluding carboxylic acids is 1. The van der Waals surface area contributed by atoms with Crippen LogP contribution in [0.25, 0.3) is 11.1 Å². The van der Waals surface area contributed by atoms with Crippen LogP contribution in [0.1, 0.15) is 11.1 Å². The van der Waals surface area contributed by atoms with E-state index < -0.39 is 17.6 Å². The number of hydrogen-bond donors (Lipinski definition) is 3. The summed E-state index contributed by atoms with van der Waals surface area (Å²) >= 11 is 0. The first kappa shape index (κ1) is 23.7. The number of pyridine rings is 1. The van der Waals surface area contributed by atoms with Crippen molar-refractivity contribution in [2.75, 3.05) is 43.4 Å². The zero-order valence-corrected chi connectivity index (χ0v) is 18.5. The van der Waals surface area contributed by atoms with Crippen LogP contribution >= 0.6 is 0 Å². The highest BCUT2D eigenvalue weighted by Crippen LogP contribution is 2.34. The molecular weight excluding hydrogens is 443 g/mol. The Morgan fingerprint density at radius 3 is 2.41 bits per heavy atom. The number of anilines is 2. The first-order valence-electron chi connectivity index (χ1n) is 11.1. The number of nitrogens with one attached hydrogen (secondary N) is 3. The van der Waals surface area contributed by atoms with E-state index in [4.69, 9.17) is 0 Å². The van der Waals surface area contributed by atoms with Gasteiger partial charge in [0.25, 0.3) is 0 Å². The monoisotopic (exact) mass is 469 g/mol. The second kappa shape index (κ2) is 10.7. The van der Waals surface area contributed by atoms with Crippen LogP contribution in [0, 0.1) is 0 Å². The van der Waals surface area contributed by atoms with Gasteiger partial charge >= 0.3 is 6.18 Å². The van der Waals surface area contributed by atoms with Crippen molar-refractivity contribution < 1.29 is 18.0 Å². The van der Waals surface area contributed by atoms with Gasteiger partial charge in [-0.05, 0) is 47.0 Å². The van der Waals surface area contributed by atoms with Crippen LogP contribution in [-0.4, -0.2) is 48.5 Å². The Kier molecular flexibility index (Phi) is 7.44. The molecule has 1 aliphatic rings. The third kappa shape index (κ3) is 6.33. The third-order valence-corrected chi connectivity index (χ3v) is 5.64. The number of piperazine rings is 1. The second-order valence-electron chi connectivity index (χ2n) is 8.12. The van der Waals surface area contributed by atoms with E-state index >= 15 is 0 Å². The highest BCUT2D eigenvalue weighted by atomic mass is 19.4. The molecule has 6 nitrogen and oxygen atoms in total. The summed E-state index contributed by atoms with van der Waals surface area (Å²) in [5, 5.41) is 8.74. The zero-order chi connectivity index (χ0) is 24.0. The normalized spacial score (nSPS) is 14.6. The molecule has 0 atom stereocenters. The van der Waals surface area contributed by atoms with Gasteiger partial charge in [-0.2, -0.15) is 13.2 Å². The maximum absolute atomic E-state index is 13.7. The van der Waals surface area contributed by atoms with Crippen LogP contribution < -0.4 is 16.0 Å². The number of nitrogens with zero attached hydrogens (tertiary/aromatic N) is 2. The number of benzene rings is 2. The van der Waals surface area contributed by atoms with E-state index in [2.05, 4.69) is 20.9 Å². The SMILES string of the molecule is O=C(CNc1ccc(-c2cccnc2)cc1)Nc1ccc(CN2CCNCC2)c(C(F)(F)F)c1. The number of rotatable bonds is 7. The molecule has 2 aromatic carbocycles. The molecule has 0 unspecified atom stereocenters. The Morgan fingerprint density at radius 1 is 1.00 bits per heavy atom. The second-order valence-corrected chi connectivity index (χ2v) is 8.12. The summed E-state index contributed by atoms with van der Waals surface area (Å²) in [6.07, 6.45) is -1.03. The highest BCUT2D eigenvalue weighted by molar-refractivity contribution is 5.94. The summed E-state index contributed by atoms with van der Waals surface area (Å²) in [5.41, 5.74) is 2.30. The van der Waals surface area contributed by atoms with E-state index in [0.717, 1.165) is 36.0 Å². The van der Waals surface area contributed by atoms with Crippen molar-refractivity contribution in [1.82, 2.24) is 15.2 Å². The number of hydrogen-bond acceptors (Lipinski definition) is 5. The Hall–Kier alpha value is -3.43. The van der Waals surface area contributed by atoms with Gasteiger partial charge < -0.3 is 16.0 Å². The van der Waals surface area contributed by atoms with E-state index in [1.165, 1.54) is 12.1 Å². The van der Waals surface area contributed by atoms with Gasteiger partial charge in [-0.25, -0.2) is 0 Å². The molecule has 1 saturated heterocycles. The van der Waals surface area contributed by atoms with Gasteiger partial charge in [-0.15, -0.1) is 0 Å². The molecule has 178 valence electrons. The number of amides is 1. The molecule has 3 N–H and O–H groups in total. The minimum atomic E-state index is -4.50. The van der Waals surface area contributed by atoms with Crippen molar-refractivity contribution in [2.24, 2.45) is 0 Å². The molecule has 0 spiro atoms. The van der Waals surface area contributed by atoms with Crippen molar-refractivity contribution in [2.45, 2.75) is 12.7 Å². The first-order chi connectivity index (χ1) is 16.4. The fourth-order valence-corrected chi connectivity index (χ4v) is 3.87. The molecule has 0 saturated carbocycles. The average molecular weight is 470 g/mol. The van der Waals surface area contributed by atoms with E-state index in [9.17, 15) is 18.0 Å². The predicted molar refractivity (Wildman–Crippen MR) is 126 cm³/mol. The fourth-order valence-electron chi connectivity index (χ4n) is 3.87. The number of halogens is 3. The van der Waals surface area contributed by atoms with Gasteiger partial charge in [0.2, 0.25) is 5.91 Å². The number of carbonyl (C=O) groups is 1. The largest absolute Gasteiger partial charge is 0.416 e. The van der Waals surface area contributed by atoms with Gasteiger partial charge in [0.05, 0.1) is 12.1 Å². The van der Waals surface area contributed by atoms with Crippen molar-refractivity contribution in [3.63, 3.8) is 0 Å². The molecular formula is C25H26F3N5O. The number of aromatic nitrogens is 1. The summed E-state index contributed by atoms with van der Waals surface area (Å²) in [4.78, 5) is 18.4. The molecule has 3 aromatic rings. The van der Waals surface area contributed by atoms with Crippen molar-refractivity contribution in [1.29, 1.82) is 0 Å². The summed E-state index contributed by atoms with van der Waals surface area (Å²) in [6.45, 7) is 3.07. The van der Waals surface area contributed by atoms with Crippen molar-refractivity contribution in [3.05, 3.63) is 78.1 Å². The van der Waals surface area contributed by atoms with Gasteiger partial charge in [-0.3, -0.25) is 14.7 Å². The zero-order valence-electron chi connectivity index (χ0n) is 18.5. The molecule has 34 heavy (non-hydrogen) atoms. The molecule has 1 aromatic heterocycles.